The van der Waals surface area contributed by atoms with Crippen LogP contribution in [0.2, 0.25) is 5.02 Å². The van der Waals surface area contributed by atoms with Crippen LogP contribution >= 0.6 is 11.6 Å². The van der Waals surface area contributed by atoms with E-state index in [2.05, 4.69) is 5.16 Å². The van der Waals surface area contributed by atoms with Gasteiger partial charge in [0, 0.05) is 10.6 Å². The normalized spacial score (nSPS) is 11.2. The Balaban J connectivity index is 3.25. The minimum atomic E-state index is -1.32. The van der Waals surface area contributed by atoms with Gasteiger partial charge >= 0.3 is 11.9 Å². The third kappa shape index (κ3) is 4.73. The van der Waals surface area contributed by atoms with E-state index in [-0.39, 0.29) is 18.9 Å². The van der Waals surface area contributed by atoms with Crippen molar-refractivity contribution < 1.29 is 23.9 Å². The number of rotatable bonds is 7. The SMILES string of the molecule is CCOC(=O)C(C(=O)OCC)/C(=N/OC)c1ccc(Cl)cc1. The van der Waals surface area contributed by atoms with E-state index >= 15 is 0 Å². The fraction of sp³-hybridized carbons (Fsp3) is 0.400. The smallest absolute Gasteiger partial charge is 0.326 e. The van der Waals surface area contributed by atoms with Crippen molar-refractivity contribution in [2.75, 3.05) is 20.3 Å². The second-order valence-electron chi connectivity index (χ2n) is 4.10. The highest BCUT2D eigenvalue weighted by Crippen LogP contribution is 2.17. The zero-order valence-electron chi connectivity index (χ0n) is 12.7. The Labute approximate surface area is 134 Å². The quantitative estimate of drug-likeness (QED) is 0.333. The summed E-state index contributed by atoms with van der Waals surface area (Å²) < 4.78 is 9.88. The molecule has 0 unspecified atom stereocenters. The Kier molecular flexibility index (Phi) is 7.39. The van der Waals surface area contributed by atoms with Gasteiger partial charge in [-0.15, -0.1) is 0 Å². The molecule has 120 valence electrons. The van der Waals surface area contributed by atoms with Crippen molar-refractivity contribution in [1.29, 1.82) is 0 Å². The lowest BCUT2D eigenvalue weighted by molar-refractivity contribution is -0.157. The van der Waals surface area contributed by atoms with E-state index in [0.717, 1.165) is 0 Å². The van der Waals surface area contributed by atoms with E-state index in [1.54, 1.807) is 38.1 Å². The highest BCUT2D eigenvalue weighted by Gasteiger charge is 2.36. The number of hydrogen-bond donors (Lipinski definition) is 0. The summed E-state index contributed by atoms with van der Waals surface area (Å²) in [6, 6.07) is 6.50. The van der Waals surface area contributed by atoms with E-state index in [0.29, 0.717) is 10.6 Å². The Hall–Kier alpha value is -2.08. The summed E-state index contributed by atoms with van der Waals surface area (Å²) in [6.45, 7) is 3.57. The summed E-state index contributed by atoms with van der Waals surface area (Å²) in [5.41, 5.74) is 0.619. The average Bonchev–Trinajstić information content (AvgIpc) is 2.48. The van der Waals surface area contributed by atoms with Crippen LogP contribution < -0.4 is 0 Å². The van der Waals surface area contributed by atoms with E-state index in [1.807, 2.05) is 0 Å². The van der Waals surface area contributed by atoms with Crippen LogP contribution in [-0.4, -0.2) is 38.0 Å². The third-order valence-electron chi connectivity index (χ3n) is 2.65. The summed E-state index contributed by atoms with van der Waals surface area (Å²) in [6.07, 6.45) is 0. The van der Waals surface area contributed by atoms with Gasteiger partial charge in [-0.05, 0) is 26.0 Å². The molecule has 7 heteroatoms. The van der Waals surface area contributed by atoms with Gasteiger partial charge in [0.25, 0.3) is 0 Å². The highest BCUT2D eigenvalue weighted by molar-refractivity contribution is 6.31. The number of oxime groups is 1. The fourth-order valence-electron chi connectivity index (χ4n) is 1.76. The molecule has 0 aliphatic rings. The molecule has 0 N–H and O–H groups in total. The molecule has 0 saturated carbocycles. The first kappa shape index (κ1) is 18.0. The van der Waals surface area contributed by atoms with Crippen molar-refractivity contribution in [3.8, 4) is 0 Å². The summed E-state index contributed by atoms with van der Waals surface area (Å²) in [4.78, 5) is 29.0. The molecule has 0 aliphatic carbocycles. The predicted octanol–water partition coefficient (Wildman–Crippen LogP) is 2.43. The molecule has 1 aromatic carbocycles. The van der Waals surface area contributed by atoms with Crippen molar-refractivity contribution in [3.63, 3.8) is 0 Å². The molecule has 0 amide bonds. The number of nitrogens with zero attached hydrogens (tertiary/aromatic N) is 1. The van der Waals surface area contributed by atoms with Gasteiger partial charge in [0.2, 0.25) is 0 Å². The number of esters is 2. The zero-order valence-corrected chi connectivity index (χ0v) is 13.4. The first-order chi connectivity index (χ1) is 10.5. The Bertz CT molecular complexity index is 523. The van der Waals surface area contributed by atoms with E-state index in [4.69, 9.17) is 25.9 Å². The Morgan fingerprint density at radius 1 is 1.09 bits per heavy atom. The number of ether oxygens (including phenoxy) is 2. The minimum Gasteiger partial charge on any atom is -0.465 e. The topological polar surface area (TPSA) is 74.2 Å². The van der Waals surface area contributed by atoms with Gasteiger partial charge in [-0.1, -0.05) is 28.9 Å². The van der Waals surface area contributed by atoms with Crippen LogP contribution in [0.15, 0.2) is 29.4 Å². The van der Waals surface area contributed by atoms with Gasteiger partial charge in [-0.2, -0.15) is 0 Å². The summed E-state index contributed by atoms with van der Waals surface area (Å²) >= 11 is 5.84. The van der Waals surface area contributed by atoms with Crippen molar-refractivity contribution in [1.82, 2.24) is 0 Å². The van der Waals surface area contributed by atoms with Crippen LogP contribution in [-0.2, 0) is 23.9 Å². The van der Waals surface area contributed by atoms with Crippen LogP contribution in [0, 0.1) is 5.92 Å². The first-order valence-corrected chi connectivity index (χ1v) is 7.13. The molecule has 6 nitrogen and oxygen atoms in total. The summed E-state index contributed by atoms with van der Waals surface area (Å²) in [7, 11) is 1.32. The van der Waals surface area contributed by atoms with Crippen LogP contribution in [0.4, 0.5) is 0 Å². The number of benzene rings is 1. The van der Waals surface area contributed by atoms with Gasteiger partial charge in [0.15, 0.2) is 5.92 Å². The lowest BCUT2D eigenvalue weighted by Crippen LogP contribution is -2.35. The first-order valence-electron chi connectivity index (χ1n) is 6.75. The maximum atomic E-state index is 12.1. The average molecular weight is 328 g/mol. The monoisotopic (exact) mass is 327 g/mol. The Morgan fingerprint density at radius 2 is 1.59 bits per heavy atom. The van der Waals surface area contributed by atoms with E-state index in [9.17, 15) is 9.59 Å². The lowest BCUT2D eigenvalue weighted by Gasteiger charge is -2.16. The van der Waals surface area contributed by atoms with Crippen LogP contribution in [0.1, 0.15) is 19.4 Å². The molecule has 1 aromatic rings. The van der Waals surface area contributed by atoms with E-state index < -0.39 is 17.9 Å². The second kappa shape index (κ2) is 9.04. The van der Waals surface area contributed by atoms with Gasteiger partial charge < -0.3 is 14.3 Å². The molecule has 0 saturated heterocycles. The molecule has 0 aromatic heterocycles. The maximum absolute atomic E-state index is 12.1. The standard InChI is InChI=1S/C15H18ClNO5/c1-4-21-14(18)12(15(19)22-5-2)13(17-20-3)10-6-8-11(16)9-7-10/h6-9,12H,4-5H2,1-3H3/b17-13+. The lowest BCUT2D eigenvalue weighted by atomic mass is 9.96. The fourth-order valence-corrected chi connectivity index (χ4v) is 1.89. The number of hydrogen-bond acceptors (Lipinski definition) is 6. The summed E-state index contributed by atoms with van der Waals surface area (Å²) in [5, 5.41) is 4.32. The van der Waals surface area contributed by atoms with Crippen molar-refractivity contribution in [2.24, 2.45) is 11.1 Å². The van der Waals surface area contributed by atoms with Crippen molar-refractivity contribution in [3.05, 3.63) is 34.9 Å². The molecule has 0 bridgehead atoms. The predicted molar refractivity (Wildman–Crippen MR) is 81.8 cm³/mol. The number of halogens is 1. The molecular weight excluding hydrogens is 310 g/mol. The van der Waals surface area contributed by atoms with Gasteiger partial charge in [-0.25, -0.2) is 0 Å². The molecule has 0 radical (unpaired) electrons. The molecule has 0 aliphatic heterocycles. The molecule has 0 atom stereocenters. The van der Waals surface area contributed by atoms with Crippen LogP contribution in [0.3, 0.4) is 0 Å². The Morgan fingerprint density at radius 3 is 2.00 bits per heavy atom. The maximum Gasteiger partial charge on any atom is 0.326 e. The van der Waals surface area contributed by atoms with Gasteiger partial charge in [0.05, 0.1) is 13.2 Å². The van der Waals surface area contributed by atoms with Crippen molar-refractivity contribution >= 4 is 29.3 Å². The number of carbonyl (C=O) groups excluding carboxylic acids is 2. The van der Waals surface area contributed by atoms with Crippen LogP contribution in [0.25, 0.3) is 0 Å². The molecule has 0 fully saturated rings. The van der Waals surface area contributed by atoms with Crippen LogP contribution in [0.5, 0.6) is 0 Å². The summed E-state index contributed by atoms with van der Waals surface area (Å²) in [5.74, 6) is -2.81. The molecular formula is C15H18ClNO5. The zero-order chi connectivity index (χ0) is 16.5. The third-order valence-corrected chi connectivity index (χ3v) is 2.90. The molecule has 0 spiro atoms. The highest BCUT2D eigenvalue weighted by atomic mass is 35.5. The number of carbonyl (C=O) groups is 2. The minimum absolute atomic E-state index is 0.107. The van der Waals surface area contributed by atoms with Gasteiger partial charge in [-0.3, -0.25) is 9.59 Å². The van der Waals surface area contributed by atoms with Crippen molar-refractivity contribution in [2.45, 2.75) is 13.8 Å². The van der Waals surface area contributed by atoms with Gasteiger partial charge in [0.1, 0.15) is 12.8 Å². The molecule has 22 heavy (non-hydrogen) atoms. The second-order valence-corrected chi connectivity index (χ2v) is 4.54. The molecule has 1 rings (SSSR count). The van der Waals surface area contributed by atoms with E-state index in [1.165, 1.54) is 7.11 Å². The molecule has 0 heterocycles. The largest absolute Gasteiger partial charge is 0.465 e.